The van der Waals surface area contributed by atoms with E-state index in [9.17, 15) is 4.79 Å². The Morgan fingerprint density at radius 2 is 2.23 bits per heavy atom. The third-order valence-corrected chi connectivity index (χ3v) is 4.15. The van der Waals surface area contributed by atoms with Gasteiger partial charge in [0, 0.05) is 18.7 Å². The Kier molecular flexibility index (Phi) is 4.50. The molecule has 0 radical (unpaired) electrons. The van der Waals surface area contributed by atoms with E-state index in [1.807, 2.05) is 18.2 Å². The van der Waals surface area contributed by atoms with E-state index in [1.165, 1.54) is 0 Å². The lowest BCUT2D eigenvalue weighted by atomic mass is 10.1. The fraction of sp³-hybridized carbons (Fsp3) is 0.353. The Morgan fingerprint density at radius 1 is 1.41 bits per heavy atom. The molecule has 1 aromatic heterocycles. The van der Waals surface area contributed by atoms with Crippen LogP contribution in [0.5, 0.6) is 0 Å². The maximum atomic E-state index is 12.3. The van der Waals surface area contributed by atoms with Crippen LogP contribution in [0.2, 0.25) is 5.02 Å². The van der Waals surface area contributed by atoms with Crippen LogP contribution in [-0.2, 0) is 4.74 Å². The molecule has 1 aromatic carbocycles. The number of nitrogens with one attached hydrogen (secondary N) is 1. The summed E-state index contributed by atoms with van der Waals surface area (Å²) in [5, 5.41) is 3.50. The molecule has 0 spiro atoms. The van der Waals surface area contributed by atoms with Crippen LogP contribution in [0, 0.1) is 6.92 Å². The van der Waals surface area contributed by atoms with Gasteiger partial charge in [0.05, 0.1) is 16.7 Å². The second kappa shape index (κ2) is 6.55. The molecular weight excluding hydrogens is 302 g/mol. The highest BCUT2D eigenvalue weighted by atomic mass is 35.5. The van der Waals surface area contributed by atoms with Crippen molar-refractivity contribution < 1.29 is 13.9 Å². The van der Waals surface area contributed by atoms with E-state index in [4.69, 9.17) is 20.8 Å². The van der Waals surface area contributed by atoms with Crippen LogP contribution in [0.15, 0.2) is 34.7 Å². The number of aryl methyl sites for hydroxylation is 1. The molecule has 1 saturated heterocycles. The Morgan fingerprint density at radius 3 is 2.95 bits per heavy atom. The highest BCUT2D eigenvalue weighted by molar-refractivity contribution is 6.33. The van der Waals surface area contributed by atoms with Gasteiger partial charge in [0.2, 0.25) is 0 Å². The van der Waals surface area contributed by atoms with E-state index >= 15 is 0 Å². The van der Waals surface area contributed by atoms with Crippen LogP contribution in [0.25, 0.3) is 11.3 Å². The molecule has 22 heavy (non-hydrogen) atoms. The van der Waals surface area contributed by atoms with E-state index in [0.29, 0.717) is 28.7 Å². The van der Waals surface area contributed by atoms with Crippen LogP contribution < -0.4 is 5.32 Å². The number of furan rings is 1. The van der Waals surface area contributed by atoms with Crippen LogP contribution >= 0.6 is 11.6 Å². The van der Waals surface area contributed by atoms with E-state index in [0.717, 1.165) is 25.0 Å². The Balaban J connectivity index is 1.74. The number of benzene rings is 1. The monoisotopic (exact) mass is 319 g/mol. The predicted molar refractivity (Wildman–Crippen MR) is 85.2 cm³/mol. The van der Waals surface area contributed by atoms with Gasteiger partial charge in [0.15, 0.2) is 0 Å². The third kappa shape index (κ3) is 3.18. The first kappa shape index (κ1) is 15.1. The Bertz CT molecular complexity index is 674. The van der Waals surface area contributed by atoms with E-state index in [2.05, 4.69) is 5.32 Å². The van der Waals surface area contributed by atoms with E-state index < -0.39 is 0 Å². The van der Waals surface area contributed by atoms with Gasteiger partial charge in [0.1, 0.15) is 11.5 Å². The molecule has 1 amide bonds. The quantitative estimate of drug-likeness (QED) is 0.932. The number of hydrogen-bond donors (Lipinski definition) is 1. The lowest BCUT2D eigenvalue weighted by molar-refractivity contribution is 0.0856. The molecule has 2 aromatic rings. The molecule has 4 nitrogen and oxygen atoms in total. The second-order valence-corrected chi connectivity index (χ2v) is 5.81. The molecule has 5 heteroatoms. The van der Waals surface area contributed by atoms with Crippen molar-refractivity contribution in [1.82, 2.24) is 5.32 Å². The molecule has 0 unspecified atom stereocenters. The van der Waals surface area contributed by atoms with Gasteiger partial charge in [-0.1, -0.05) is 23.7 Å². The van der Waals surface area contributed by atoms with E-state index in [1.54, 1.807) is 19.1 Å². The van der Waals surface area contributed by atoms with Gasteiger partial charge in [-0.05, 0) is 38.0 Å². The van der Waals surface area contributed by atoms with Gasteiger partial charge >= 0.3 is 0 Å². The summed E-state index contributed by atoms with van der Waals surface area (Å²) in [6.45, 7) is 3.09. The number of carbonyl (C=O) groups excluding carboxylic acids is 1. The lowest BCUT2D eigenvalue weighted by Crippen LogP contribution is -2.31. The summed E-state index contributed by atoms with van der Waals surface area (Å²) in [5.41, 5.74) is 1.32. The van der Waals surface area contributed by atoms with Gasteiger partial charge in [-0.3, -0.25) is 4.79 Å². The van der Waals surface area contributed by atoms with Crippen molar-refractivity contribution >= 4 is 17.5 Å². The summed E-state index contributed by atoms with van der Waals surface area (Å²) in [7, 11) is 0. The zero-order valence-corrected chi connectivity index (χ0v) is 13.2. The summed E-state index contributed by atoms with van der Waals surface area (Å²) >= 11 is 6.17. The summed E-state index contributed by atoms with van der Waals surface area (Å²) in [4.78, 5) is 12.3. The first-order valence-corrected chi connectivity index (χ1v) is 7.78. The van der Waals surface area contributed by atoms with Gasteiger partial charge in [-0.15, -0.1) is 0 Å². The normalized spacial score (nSPS) is 17.6. The lowest BCUT2D eigenvalue weighted by Gasteiger charge is -2.10. The van der Waals surface area contributed by atoms with Crippen molar-refractivity contribution in [2.24, 2.45) is 0 Å². The minimum Gasteiger partial charge on any atom is -0.460 e. The topological polar surface area (TPSA) is 51.5 Å². The molecule has 1 fully saturated rings. The van der Waals surface area contributed by atoms with Gasteiger partial charge < -0.3 is 14.5 Å². The van der Waals surface area contributed by atoms with Crippen LogP contribution in [0.3, 0.4) is 0 Å². The predicted octanol–water partition coefficient (Wildman–Crippen LogP) is 3.82. The molecule has 1 aliphatic rings. The Hall–Kier alpha value is -1.78. The first-order chi connectivity index (χ1) is 10.6. The SMILES string of the molecule is Cc1oc(-c2ccccc2Cl)cc1C(=O)NC[C@H]1CCCO1. The second-order valence-electron chi connectivity index (χ2n) is 5.41. The van der Waals surface area contributed by atoms with Crippen molar-refractivity contribution in [3.63, 3.8) is 0 Å². The van der Waals surface area contributed by atoms with E-state index in [-0.39, 0.29) is 12.0 Å². The molecular formula is C17H18ClNO3. The average molecular weight is 320 g/mol. The molecule has 0 aliphatic carbocycles. The molecule has 1 atom stereocenters. The minimum atomic E-state index is -0.143. The first-order valence-electron chi connectivity index (χ1n) is 7.40. The highest BCUT2D eigenvalue weighted by Gasteiger charge is 2.20. The van der Waals surface area contributed by atoms with Crippen LogP contribution in [0.4, 0.5) is 0 Å². The zero-order chi connectivity index (χ0) is 15.5. The van der Waals surface area contributed by atoms with Crippen molar-refractivity contribution in [2.45, 2.75) is 25.9 Å². The van der Waals surface area contributed by atoms with Crippen molar-refractivity contribution in [3.8, 4) is 11.3 Å². The molecule has 0 bridgehead atoms. The Labute approximate surface area is 134 Å². The number of halogens is 1. The molecule has 3 rings (SSSR count). The fourth-order valence-corrected chi connectivity index (χ4v) is 2.84. The van der Waals surface area contributed by atoms with Crippen molar-refractivity contribution in [1.29, 1.82) is 0 Å². The summed E-state index contributed by atoms with van der Waals surface area (Å²) in [6, 6.07) is 9.15. The van der Waals surface area contributed by atoms with Gasteiger partial charge in [-0.2, -0.15) is 0 Å². The summed E-state index contributed by atoms with van der Waals surface area (Å²) < 4.78 is 11.2. The average Bonchev–Trinajstić information content (AvgIpc) is 3.15. The maximum absolute atomic E-state index is 12.3. The van der Waals surface area contributed by atoms with Crippen LogP contribution in [0.1, 0.15) is 29.0 Å². The zero-order valence-electron chi connectivity index (χ0n) is 12.4. The third-order valence-electron chi connectivity index (χ3n) is 3.82. The number of rotatable bonds is 4. The minimum absolute atomic E-state index is 0.124. The highest BCUT2D eigenvalue weighted by Crippen LogP contribution is 2.30. The number of amides is 1. The number of ether oxygens (including phenoxy) is 1. The molecule has 1 aliphatic heterocycles. The molecule has 0 saturated carbocycles. The fourth-order valence-electron chi connectivity index (χ4n) is 2.61. The van der Waals surface area contributed by atoms with Crippen molar-refractivity contribution in [3.05, 3.63) is 46.7 Å². The molecule has 116 valence electrons. The smallest absolute Gasteiger partial charge is 0.254 e. The summed E-state index contributed by atoms with van der Waals surface area (Å²) in [6.07, 6.45) is 2.18. The summed E-state index contributed by atoms with van der Waals surface area (Å²) in [5.74, 6) is 1.04. The number of hydrogen-bond acceptors (Lipinski definition) is 3. The molecule has 2 heterocycles. The van der Waals surface area contributed by atoms with Gasteiger partial charge in [0.25, 0.3) is 5.91 Å². The maximum Gasteiger partial charge on any atom is 0.254 e. The van der Waals surface area contributed by atoms with Crippen LogP contribution in [-0.4, -0.2) is 25.2 Å². The number of carbonyl (C=O) groups is 1. The van der Waals surface area contributed by atoms with Crippen molar-refractivity contribution in [2.75, 3.05) is 13.2 Å². The molecule has 1 N–H and O–H groups in total. The van der Waals surface area contributed by atoms with Gasteiger partial charge in [-0.25, -0.2) is 0 Å². The largest absolute Gasteiger partial charge is 0.460 e. The standard InChI is InChI=1S/C17H18ClNO3/c1-11-14(17(20)19-10-12-5-4-8-21-12)9-16(22-11)13-6-2-3-7-15(13)18/h2-3,6-7,9,12H,4-5,8,10H2,1H3,(H,19,20)/t12-/m1/s1.